The van der Waals surface area contributed by atoms with E-state index in [4.69, 9.17) is 33.1 Å². The van der Waals surface area contributed by atoms with Crippen molar-refractivity contribution in [2.45, 2.75) is 32.6 Å². The number of carboxylic acids is 1. The van der Waals surface area contributed by atoms with Crippen LogP contribution in [0.1, 0.15) is 52.8 Å². The Labute approximate surface area is 304 Å². The quantitative estimate of drug-likeness (QED) is 0.165. The average molecular weight is 743 g/mol. The number of hydrogen-bond acceptors (Lipinski definition) is 8. The van der Waals surface area contributed by atoms with Crippen molar-refractivity contribution in [1.82, 2.24) is 25.2 Å². The van der Waals surface area contributed by atoms with Crippen LogP contribution in [0, 0.1) is 17.2 Å². The number of nitrogens with one attached hydrogen (secondary N) is 1. The third-order valence-corrected chi connectivity index (χ3v) is 8.32. The van der Waals surface area contributed by atoms with Gasteiger partial charge in [-0.05, 0) is 46.9 Å². The van der Waals surface area contributed by atoms with Gasteiger partial charge in [-0.25, -0.2) is 9.78 Å². The Morgan fingerprint density at radius 2 is 1.55 bits per heavy atom. The summed E-state index contributed by atoms with van der Waals surface area (Å²) in [7, 11) is 0. The molecule has 4 aromatic rings. The highest BCUT2D eigenvalue weighted by Gasteiger charge is 2.38. The first-order valence-electron chi connectivity index (χ1n) is 15.9. The molecule has 2 N–H and O–H groups in total. The molecular formula is C36H36Cl2F3N7O3. The Hall–Kier alpha value is -4.74. The van der Waals surface area contributed by atoms with Crippen molar-refractivity contribution in [2.75, 3.05) is 37.7 Å². The minimum Gasteiger partial charge on any atom is -0.475 e. The fourth-order valence-corrected chi connectivity index (χ4v) is 5.75. The van der Waals surface area contributed by atoms with Crippen LogP contribution >= 0.6 is 23.2 Å². The molecule has 0 saturated carbocycles. The van der Waals surface area contributed by atoms with E-state index in [-0.39, 0.29) is 28.7 Å². The number of carboxylic acid groups (broad SMARTS) is 1. The standard InChI is InChI=1S/C34H35Cl2N7O.C2HF3O2/c1-24(2)22-43(33-30(36)21-38-31(20-37)39-33)40-34(44)28-10-8-25(9-11-28)23-41-16-18-42(19-17-41)32(26-6-4-3-5-7-26)27-12-14-29(35)15-13-27;3-2(4,5)1(6)7/h3-15,21,24,32H,16-19,22-23H2,1-2H3,(H,40,44);(H,6,7). The van der Waals surface area contributed by atoms with Crippen LogP contribution < -0.4 is 10.4 Å². The van der Waals surface area contributed by atoms with Gasteiger partial charge in [-0.1, -0.05) is 91.6 Å². The molecule has 0 spiro atoms. The summed E-state index contributed by atoms with van der Waals surface area (Å²) in [4.78, 5) is 35.2. The number of alkyl halides is 3. The van der Waals surface area contributed by atoms with Gasteiger partial charge in [0.15, 0.2) is 5.82 Å². The molecule has 0 aliphatic carbocycles. The molecule has 10 nitrogen and oxygen atoms in total. The third kappa shape index (κ3) is 11.4. The summed E-state index contributed by atoms with van der Waals surface area (Å²) in [6.45, 7) is 9.06. The van der Waals surface area contributed by atoms with Crippen LogP contribution in [-0.2, 0) is 11.3 Å². The zero-order chi connectivity index (χ0) is 37.1. The normalized spacial score (nSPS) is 14.2. The maximum atomic E-state index is 13.2. The van der Waals surface area contributed by atoms with Crippen LogP contribution in [0.3, 0.4) is 0 Å². The number of aromatic nitrogens is 2. The minimum absolute atomic E-state index is 0.0156. The molecule has 1 saturated heterocycles. The number of hydrogen-bond donors (Lipinski definition) is 2. The number of hydrazine groups is 1. The van der Waals surface area contributed by atoms with Crippen molar-refractivity contribution in [3.05, 3.63) is 123 Å². The Morgan fingerprint density at radius 1 is 0.961 bits per heavy atom. The summed E-state index contributed by atoms with van der Waals surface area (Å²) in [5, 5.41) is 18.9. The lowest BCUT2D eigenvalue weighted by atomic mass is 9.96. The molecule has 5 rings (SSSR count). The minimum atomic E-state index is -5.08. The molecule has 2 heterocycles. The van der Waals surface area contributed by atoms with Crippen molar-refractivity contribution in [2.24, 2.45) is 5.92 Å². The van der Waals surface area contributed by atoms with E-state index in [0.29, 0.717) is 17.9 Å². The van der Waals surface area contributed by atoms with E-state index < -0.39 is 12.1 Å². The van der Waals surface area contributed by atoms with E-state index in [1.165, 1.54) is 17.3 Å². The van der Waals surface area contributed by atoms with Crippen molar-refractivity contribution in [3.63, 3.8) is 0 Å². The average Bonchev–Trinajstić information content (AvgIpc) is 3.10. The summed E-state index contributed by atoms with van der Waals surface area (Å²) >= 11 is 12.5. The molecule has 1 fully saturated rings. The molecule has 268 valence electrons. The second-order valence-corrected chi connectivity index (χ2v) is 12.9. The molecule has 1 aliphatic rings. The molecule has 0 bridgehead atoms. The second kappa shape index (κ2) is 18.0. The van der Waals surface area contributed by atoms with Crippen LogP contribution in [-0.4, -0.2) is 75.7 Å². The summed E-state index contributed by atoms with van der Waals surface area (Å²) in [5.74, 6) is -2.57. The first-order valence-corrected chi connectivity index (χ1v) is 16.7. The van der Waals surface area contributed by atoms with Gasteiger partial charge in [0.2, 0.25) is 5.82 Å². The van der Waals surface area contributed by atoms with Crippen molar-refractivity contribution < 1.29 is 27.9 Å². The van der Waals surface area contributed by atoms with Crippen molar-refractivity contribution in [1.29, 1.82) is 5.26 Å². The zero-order valence-electron chi connectivity index (χ0n) is 27.8. The smallest absolute Gasteiger partial charge is 0.475 e. The molecule has 1 atom stereocenters. The molecule has 1 aliphatic heterocycles. The maximum Gasteiger partial charge on any atom is 0.490 e. The Bertz CT molecular complexity index is 1800. The van der Waals surface area contributed by atoms with Gasteiger partial charge in [0.1, 0.15) is 11.1 Å². The predicted octanol–water partition coefficient (Wildman–Crippen LogP) is 7.00. The molecule has 15 heteroatoms. The second-order valence-electron chi connectivity index (χ2n) is 12.1. The summed E-state index contributed by atoms with van der Waals surface area (Å²) in [5.41, 5.74) is 7.08. The Morgan fingerprint density at radius 3 is 2.10 bits per heavy atom. The Balaban J connectivity index is 0.000000755. The molecule has 1 unspecified atom stereocenters. The number of rotatable bonds is 10. The maximum absolute atomic E-state index is 13.2. The Kier molecular flexibility index (Phi) is 13.8. The summed E-state index contributed by atoms with van der Waals surface area (Å²) < 4.78 is 31.7. The number of carbonyl (C=O) groups is 2. The fourth-order valence-electron chi connectivity index (χ4n) is 5.43. The largest absolute Gasteiger partial charge is 0.490 e. The monoisotopic (exact) mass is 741 g/mol. The number of benzene rings is 3. The highest BCUT2D eigenvalue weighted by Crippen LogP contribution is 2.31. The fraction of sp³-hybridized carbons (Fsp3) is 0.306. The van der Waals surface area contributed by atoms with Gasteiger partial charge in [-0.2, -0.15) is 23.4 Å². The van der Waals surface area contributed by atoms with Crippen molar-refractivity contribution in [3.8, 4) is 6.07 Å². The number of aliphatic carboxylic acids is 1. The van der Waals surface area contributed by atoms with Gasteiger partial charge < -0.3 is 5.11 Å². The molecular weight excluding hydrogens is 706 g/mol. The first kappa shape index (κ1) is 39.1. The van der Waals surface area contributed by atoms with Gasteiger partial charge in [0, 0.05) is 49.9 Å². The lowest BCUT2D eigenvalue weighted by Crippen LogP contribution is -2.47. The van der Waals surface area contributed by atoms with E-state index in [1.807, 2.05) is 56.3 Å². The number of anilines is 1. The van der Waals surface area contributed by atoms with Gasteiger partial charge in [-0.3, -0.25) is 25.0 Å². The number of nitrogens with zero attached hydrogens (tertiary/aromatic N) is 6. The highest BCUT2D eigenvalue weighted by molar-refractivity contribution is 6.32. The van der Waals surface area contributed by atoms with E-state index in [9.17, 15) is 23.2 Å². The number of nitriles is 1. The lowest BCUT2D eigenvalue weighted by Gasteiger charge is -2.40. The molecule has 3 aromatic carbocycles. The summed E-state index contributed by atoms with van der Waals surface area (Å²) in [6, 6.07) is 28.6. The molecule has 51 heavy (non-hydrogen) atoms. The van der Waals surface area contributed by atoms with Crippen LogP contribution in [0.15, 0.2) is 85.1 Å². The van der Waals surface area contributed by atoms with Crippen LogP contribution in [0.25, 0.3) is 0 Å². The predicted molar refractivity (Wildman–Crippen MR) is 188 cm³/mol. The van der Waals surface area contributed by atoms with E-state index in [0.717, 1.165) is 43.3 Å². The molecule has 1 aromatic heterocycles. The lowest BCUT2D eigenvalue weighted by molar-refractivity contribution is -0.192. The first-order chi connectivity index (χ1) is 24.2. The van der Waals surface area contributed by atoms with Gasteiger partial charge in [0.05, 0.1) is 12.2 Å². The number of amides is 1. The van der Waals surface area contributed by atoms with Crippen LogP contribution in [0.5, 0.6) is 0 Å². The SMILES string of the molecule is CC(C)CN(NC(=O)c1ccc(CN2CCN(C(c3ccccc3)c3ccc(Cl)cc3)CC2)cc1)c1nc(C#N)ncc1Cl.O=C(O)C(F)(F)F. The third-order valence-electron chi connectivity index (χ3n) is 7.80. The van der Waals surface area contributed by atoms with E-state index in [1.54, 1.807) is 5.01 Å². The number of halogens is 5. The zero-order valence-corrected chi connectivity index (χ0v) is 29.3. The van der Waals surface area contributed by atoms with Gasteiger partial charge in [-0.15, -0.1) is 0 Å². The van der Waals surface area contributed by atoms with Gasteiger partial charge in [0.25, 0.3) is 5.91 Å². The van der Waals surface area contributed by atoms with Crippen LogP contribution in [0.4, 0.5) is 19.0 Å². The van der Waals surface area contributed by atoms with Crippen LogP contribution in [0.2, 0.25) is 10.0 Å². The summed E-state index contributed by atoms with van der Waals surface area (Å²) in [6.07, 6.45) is -3.71. The number of carbonyl (C=O) groups excluding carboxylic acids is 1. The van der Waals surface area contributed by atoms with E-state index in [2.05, 4.69) is 67.7 Å². The highest BCUT2D eigenvalue weighted by atomic mass is 35.5. The van der Waals surface area contributed by atoms with Gasteiger partial charge >= 0.3 is 12.1 Å². The topological polar surface area (TPSA) is 126 Å². The molecule has 0 radical (unpaired) electrons. The molecule has 1 amide bonds. The van der Waals surface area contributed by atoms with Crippen molar-refractivity contribution >= 4 is 40.9 Å². The van der Waals surface area contributed by atoms with E-state index >= 15 is 0 Å². The number of piperazine rings is 1.